The predicted octanol–water partition coefficient (Wildman–Crippen LogP) is 1.89. The van der Waals surface area contributed by atoms with Gasteiger partial charge < -0.3 is 5.11 Å². The van der Waals surface area contributed by atoms with E-state index in [-0.39, 0.29) is 28.6 Å². The topological polar surface area (TPSA) is 37.3 Å². The van der Waals surface area contributed by atoms with Gasteiger partial charge in [0.05, 0.1) is 0 Å². The van der Waals surface area contributed by atoms with Crippen LogP contribution in [0.25, 0.3) is 0 Å². The molecule has 0 unspecified atom stereocenters. The minimum Gasteiger partial charge on any atom is -0.481 e. The zero-order valence-electron chi connectivity index (χ0n) is 6.60. The number of carboxylic acid groups (broad SMARTS) is 1. The van der Waals surface area contributed by atoms with Crippen LogP contribution in [0.5, 0.6) is 0 Å². The van der Waals surface area contributed by atoms with Crippen molar-refractivity contribution >= 4 is 5.97 Å². The number of rotatable bonds is 2. The van der Waals surface area contributed by atoms with Crippen molar-refractivity contribution in [3.8, 4) is 0 Å². The Balaban J connectivity index is 0. The maximum absolute atomic E-state index is 10.0. The molecule has 10 heavy (non-hydrogen) atoms. The molecule has 0 fully saturated rings. The van der Waals surface area contributed by atoms with Gasteiger partial charge in [-0.3, -0.25) is 4.79 Å². The third-order valence-corrected chi connectivity index (χ3v) is 1.09. The zero-order valence-corrected chi connectivity index (χ0v) is 7.64. The molecule has 63 valence electrons. The van der Waals surface area contributed by atoms with Gasteiger partial charge in [-0.15, -0.1) is 0 Å². The van der Waals surface area contributed by atoms with Crippen LogP contribution in [0.15, 0.2) is 0 Å². The van der Waals surface area contributed by atoms with Gasteiger partial charge in [0.15, 0.2) is 0 Å². The van der Waals surface area contributed by atoms with Gasteiger partial charge in [0.2, 0.25) is 0 Å². The summed E-state index contributed by atoms with van der Waals surface area (Å²) < 4.78 is 0. The average molecular weight is 189 g/mol. The Bertz CT molecular complexity index is 105. The molecule has 0 aromatic heterocycles. The van der Waals surface area contributed by atoms with Crippen LogP contribution in [0.3, 0.4) is 0 Å². The number of hydrogen-bond donors (Lipinski definition) is 1. The molecule has 0 aromatic carbocycles. The fourth-order valence-electron chi connectivity index (χ4n) is 0.482. The van der Waals surface area contributed by atoms with Crippen LogP contribution in [-0.4, -0.2) is 11.1 Å². The van der Waals surface area contributed by atoms with Crippen molar-refractivity contribution in [1.29, 1.82) is 0 Å². The number of hydrogen-bond acceptors (Lipinski definition) is 1. The van der Waals surface area contributed by atoms with E-state index in [0.29, 0.717) is 0 Å². The van der Waals surface area contributed by atoms with Crippen molar-refractivity contribution in [2.45, 2.75) is 33.6 Å². The van der Waals surface area contributed by atoms with Crippen molar-refractivity contribution < 1.29 is 26.7 Å². The van der Waals surface area contributed by atoms with E-state index in [1.807, 2.05) is 20.8 Å². The molecule has 0 amide bonds. The first-order valence-corrected chi connectivity index (χ1v) is 3.13. The minimum atomic E-state index is -0.704. The van der Waals surface area contributed by atoms with Gasteiger partial charge in [-0.2, -0.15) is 0 Å². The fourth-order valence-corrected chi connectivity index (χ4v) is 0.482. The van der Waals surface area contributed by atoms with E-state index in [4.69, 9.17) is 5.11 Å². The third kappa shape index (κ3) is 10.9. The maximum atomic E-state index is 10.0. The van der Waals surface area contributed by atoms with E-state index in [1.165, 1.54) is 0 Å². The summed E-state index contributed by atoms with van der Waals surface area (Å²) in [4.78, 5) is 10.0. The second-order valence-corrected chi connectivity index (χ2v) is 3.45. The molecule has 0 atom stereocenters. The third-order valence-electron chi connectivity index (χ3n) is 1.09. The molecule has 0 saturated carbocycles. The molecule has 0 spiro atoms. The second-order valence-electron chi connectivity index (χ2n) is 3.45. The summed E-state index contributed by atoms with van der Waals surface area (Å²) in [5.74, 6) is -0.704. The van der Waals surface area contributed by atoms with E-state index in [0.717, 1.165) is 6.42 Å². The summed E-state index contributed by atoms with van der Waals surface area (Å²) in [6.45, 7) is 6.11. The fraction of sp³-hybridized carbons (Fsp3) is 0.857. The van der Waals surface area contributed by atoms with Crippen molar-refractivity contribution in [2.24, 2.45) is 5.41 Å². The van der Waals surface area contributed by atoms with Gasteiger partial charge in [-0.05, 0) is 11.8 Å². The Morgan fingerprint density at radius 3 is 1.90 bits per heavy atom. The number of aliphatic carboxylic acids is 1. The molecule has 1 N–H and O–H groups in total. The molecular formula is C7H14CoO2. The summed E-state index contributed by atoms with van der Waals surface area (Å²) in [5.41, 5.74) is 0.151. The second kappa shape index (κ2) is 4.74. The Kier molecular flexibility index (Phi) is 5.99. The largest absolute Gasteiger partial charge is 0.481 e. The van der Waals surface area contributed by atoms with Crippen molar-refractivity contribution in [2.75, 3.05) is 0 Å². The van der Waals surface area contributed by atoms with Crippen LogP contribution in [0.1, 0.15) is 33.6 Å². The first-order chi connectivity index (χ1) is 3.92. The van der Waals surface area contributed by atoms with E-state index in [1.54, 1.807) is 0 Å². The van der Waals surface area contributed by atoms with Crippen molar-refractivity contribution in [3.05, 3.63) is 0 Å². The summed E-state index contributed by atoms with van der Waals surface area (Å²) in [7, 11) is 0. The summed E-state index contributed by atoms with van der Waals surface area (Å²) >= 11 is 0. The van der Waals surface area contributed by atoms with Crippen molar-refractivity contribution in [1.82, 2.24) is 0 Å². The van der Waals surface area contributed by atoms with Gasteiger partial charge in [-0.1, -0.05) is 20.8 Å². The summed E-state index contributed by atoms with van der Waals surface area (Å²) in [6.07, 6.45) is 1.03. The number of carboxylic acids is 1. The molecule has 0 aliphatic carbocycles. The average Bonchev–Trinajstić information content (AvgIpc) is 1.59. The summed E-state index contributed by atoms with van der Waals surface area (Å²) in [5, 5.41) is 8.28. The molecule has 0 aliphatic rings. The maximum Gasteiger partial charge on any atom is 0.303 e. The Morgan fingerprint density at radius 2 is 1.80 bits per heavy atom. The SMILES string of the molecule is CC(C)(C)CCC(=O)O.[Co]. The molecule has 1 radical (unpaired) electrons. The summed E-state index contributed by atoms with van der Waals surface area (Å²) in [6, 6.07) is 0. The van der Waals surface area contributed by atoms with Gasteiger partial charge in [0, 0.05) is 23.2 Å². The van der Waals surface area contributed by atoms with Crippen LogP contribution in [0.4, 0.5) is 0 Å². The molecule has 0 saturated heterocycles. The minimum absolute atomic E-state index is 0. The molecule has 0 aliphatic heterocycles. The Labute approximate surface area is 72.2 Å². The zero-order chi connectivity index (χ0) is 7.49. The first kappa shape index (κ1) is 12.6. The van der Waals surface area contributed by atoms with E-state index < -0.39 is 5.97 Å². The standard InChI is InChI=1S/C7H14O2.Co/c1-7(2,3)5-4-6(8)9;/h4-5H2,1-3H3,(H,8,9);. The molecular weight excluding hydrogens is 175 g/mol. The molecule has 0 bridgehead atoms. The quantitative estimate of drug-likeness (QED) is 0.720. The predicted molar refractivity (Wildman–Crippen MR) is 36.3 cm³/mol. The normalized spacial score (nSPS) is 10.3. The van der Waals surface area contributed by atoms with Gasteiger partial charge >= 0.3 is 5.97 Å². The van der Waals surface area contributed by atoms with Gasteiger partial charge in [0.1, 0.15) is 0 Å². The molecule has 3 heteroatoms. The Hall–Kier alpha value is -0.0235. The molecule has 0 aromatic rings. The van der Waals surface area contributed by atoms with E-state index >= 15 is 0 Å². The first-order valence-electron chi connectivity index (χ1n) is 3.13. The van der Waals surface area contributed by atoms with Gasteiger partial charge in [-0.25, -0.2) is 0 Å². The molecule has 0 heterocycles. The van der Waals surface area contributed by atoms with E-state index in [2.05, 4.69) is 0 Å². The van der Waals surface area contributed by atoms with Crippen LogP contribution >= 0.6 is 0 Å². The Morgan fingerprint density at radius 1 is 1.40 bits per heavy atom. The van der Waals surface area contributed by atoms with Crippen LogP contribution in [0, 0.1) is 5.41 Å². The van der Waals surface area contributed by atoms with Gasteiger partial charge in [0.25, 0.3) is 0 Å². The molecule has 0 rings (SSSR count). The molecule has 2 nitrogen and oxygen atoms in total. The van der Waals surface area contributed by atoms with E-state index in [9.17, 15) is 4.79 Å². The van der Waals surface area contributed by atoms with Crippen LogP contribution < -0.4 is 0 Å². The monoisotopic (exact) mass is 189 g/mol. The van der Waals surface area contributed by atoms with Crippen LogP contribution in [-0.2, 0) is 21.6 Å². The van der Waals surface area contributed by atoms with Crippen molar-refractivity contribution in [3.63, 3.8) is 0 Å². The smallest absolute Gasteiger partial charge is 0.303 e. The number of carbonyl (C=O) groups is 1. The van der Waals surface area contributed by atoms with Crippen LogP contribution in [0.2, 0.25) is 0 Å².